The predicted octanol–water partition coefficient (Wildman–Crippen LogP) is 2.99. The number of fused-ring (bicyclic) bond motifs is 1. The summed E-state index contributed by atoms with van der Waals surface area (Å²) in [6.07, 6.45) is 9.85. The Bertz CT molecular complexity index is 1410. The number of hydrogen-bond donors (Lipinski definition) is 1. The minimum absolute atomic E-state index is 0.118. The zero-order valence-corrected chi connectivity index (χ0v) is 20.7. The first kappa shape index (κ1) is 23.7. The van der Waals surface area contributed by atoms with Crippen LogP contribution in [0.15, 0.2) is 54.2 Å². The summed E-state index contributed by atoms with van der Waals surface area (Å²) >= 11 is 0. The van der Waals surface area contributed by atoms with Crippen LogP contribution in [0.2, 0.25) is 0 Å². The molecule has 0 unspecified atom stereocenters. The fraction of sp³-hybridized carbons (Fsp3) is 0.400. The van der Waals surface area contributed by atoms with Crippen molar-refractivity contribution in [3.8, 4) is 11.7 Å². The highest BCUT2D eigenvalue weighted by Crippen LogP contribution is 2.21. The van der Waals surface area contributed by atoms with Gasteiger partial charge in [-0.3, -0.25) is 9.48 Å². The monoisotopic (exact) mass is 489 g/mol. The van der Waals surface area contributed by atoms with Gasteiger partial charge in [0.2, 0.25) is 11.8 Å². The van der Waals surface area contributed by atoms with E-state index >= 15 is 0 Å². The highest BCUT2D eigenvalue weighted by atomic mass is 16.5. The van der Waals surface area contributed by atoms with Crippen molar-refractivity contribution in [2.24, 2.45) is 0 Å². The van der Waals surface area contributed by atoms with E-state index in [-0.39, 0.29) is 11.7 Å². The van der Waals surface area contributed by atoms with E-state index in [0.29, 0.717) is 35.2 Å². The lowest BCUT2D eigenvalue weighted by molar-refractivity contribution is 0.110. The van der Waals surface area contributed by atoms with Gasteiger partial charge in [-0.2, -0.15) is 15.1 Å². The third kappa shape index (κ3) is 4.87. The molecule has 0 saturated carbocycles. The van der Waals surface area contributed by atoms with Crippen molar-refractivity contribution in [3.05, 3.63) is 59.8 Å². The van der Waals surface area contributed by atoms with Crippen LogP contribution < -0.4 is 15.6 Å². The number of pyridine rings is 1. The van der Waals surface area contributed by atoms with Gasteiger partial charge in [-0.1, -0.05) is 19.1 Å². The second-order valence-corrected chi connectivity index (χ2v) is 8.99. The van der Waals surface area contributed by atoms with Crippen LogP contribution in [-0.2, 0) is 13.1 Å². The van der Waals surface area contributed by atoms with E-state index in [2.05, 4.69) is 45.8 Å². The maximum absolute atomic E-state index is 13.2. The molecule has 36 heavy (non-hydrogen) atoms. The maximum atomic E-state index is 13.2. The molecule has 5 heterocycles. The van der Waals surface area contributed by atoms with Crippen molar-refractivity contribution >= 4 is 22.7 Å². The topological polar surface area (TPSA) is 108 Å². The smallest absolute Gasteiger partial charge is 0.278 e. The first-order valence-electron chi connectivity index (χ1n) is 12.3. The summed E-state index contributed by atoms with van der Waals surface area (Å²) in [6.45, 7) is 9.02. The minimum atomic E-state index is -0.212. The van der Waals surface area contributed by atoms with Gasteiger partial charge in [-0.25, -0.2) is 14.3 Å². The molecule has 0 bridgehead atoms. The molecule has 0 aromatic carbocycles. The molecule has 1 fully saturated rings. The average Bonchev–Trinajstić information content (AvgIpc) is 3.43. The number of aryl methyl sites for hydroxylation is 1. The number of anilines is 2. The molecule has 5 rings (SSSR count). The predicted molar refractivity (Wildman–Crippen MR) is 138 cm³/mol. The summed E-state index contributed by atoms with van der Waals surface area (Å²) in [5.41, 5.74) is 1.01. The Labute approximate surface area is 209 Å². The van der Waals surface area contributed by atoms with Crippen molar-refractivity contribution in [1.82, 2.24) is 39.0 Å². The van der Waals surface area contributed by atoms with Gasteiger partial charge in [0.05, 0.1) is 18.4 Å². The van der Waals surface area contributed by atoms with E-state index in [1.165, 1.54) is 0 Å². The molecule has 1 aliphatic rings. The highest BCUT2D eigenvalue weighted by molar-refractivity contribution is 5.77. The van der Waals surface area contributed by atoms with Crippen molar-refractivity contribution in [2.45, 2.75) is 45.4 Å². The number of likely N-dealkylation sites (tertiary alicyclic amines) is 1. The molecule has 0 aliphatic carbocycles. The fourth-order valence-electron chi connectivity index (χ4n) is 4.38. The number of nitrogens with zero attached hydrogens (tertiary/aromatic N) is 8. The molecule has 0 atom stereocenters. The zero-order valence-electron chi connectivity index (χ0n) is 20.7. The Morgan fingerprint density at radius 3 is 2.83 bits per heavy atom. The third-order valence-corrected chi connectivity index (χ3v) is 6.20. The first-order valence-corrected chi connectivity index (χ1v) is 12.3. The molecule has 0 amide bonds. The Morgan fingerprint density at radius 1 is 1.22 bits per heavy atom. The molecule has 4 aromatic rings. The van der Waals surface area contributed by atoms with Crippen LogP contribution in [0.3, 0.4) is 0 Å². The second-order valence-electron chi connectivity index (χ2n) is 8.99. The van der Waals surface area contributed by atoms with Crippen LogP contribution in [-0.4, -0.2) is 65.2 Å². The van der Waals surface area contributed by atoms with Crippen LogP contribution in [0, 0.1) is 0 Å². The van der Waals surface area contributed by atoms with Crippen molar-refractivity contribution in [3.63, 3.8) is 0 Å². The molecule has 188 valence electrons. The number of rotatable bonds is 9. The molecular formula is C25H31N9O2. The zero-order chi connectivity index (χ0) is 25.1. The van der Waals surface area contributed by atoms with Crippen molar-refractivity contribution in [2.75, 3.05) is 25.5 Å². The van der Waals surface area contributed by atoms with Gasteiger partial charge in [-0.05, 0) is 32.4 Å². The Kier molecular flexibility index (Phi) is 6.81. The molecule has 11 nitrogen and oxygen atoms in total. The Balaban J connectivity index is 1.51. The molecule has 1 aliphatic heterocycles. The van der Waals surface area contributed by atoms with Gasteiger partial charge in [0, 0.05) is 38.1 Å². The van der Waals surface area contributed by atoms with Gasteiger partial charge in [0.1, 0.15) is 11.5 Å². The van der Waals surface area contributed by atoms with Crippen LogP contribution in [0.1, 0.15) is 26.2 Å². The van der Waals surface area contributed by atoms with Gasteiger partial charge >= 0.3 is 0 Å². The molecule has 0 radical (unpaired) electrons. The quantitative estimate of drug-likeness (QED) is 0.358. The van der Waals surface area contributed by atoms with Crippen LogP contribution >= 0.6 is 0 Å². The number of ether oxygens (including phenoxy) is 1. The molecule has 11 heteroatoms. The van der Waals surface area contributed by atoms with Gasteiger partial charge in [0.25, 0.3) is 5.56 Å². The molecule has 1 N–H and O–H groups in total. The van der Waals surface area contributed by atoms with E-state index in [1.807, 2.05) is 29.1 Å². The van der Waals surface area contributed by atoms with Crippen molar-refractivity contribution < 1.29 is 4.74 Å². The number of allylic oxidation sites excluding steroid dienone is 1. The number of piperidine rings is 1. The van der Waals surface area contributed by atoms with Gasteiger partial charge in [-0.15, -0.1) is 6.58 Å². The fourth-order valence-corrected chi connectivity index (χ4v) is 4.38. The summed E-state index contributed by atoms with van der Waals surface area (Å²) < 4.78 is 11.3. The largest absolute Gasteiger partial charge is 0.474 e. The van der Waals surface area contributed by atoms with E-state index in [4.69, 9.17) is 9.72 Å². The van der Waals surface area contributed by atoms with E-state index in [0.717, 1.165) is 44.6 Å². The van der Waals surface area contributed by atoms with Crippen LogP contribution in [0.5, 0.6) is 5.88 Å². The standard InChI is InChI=1S/C25H31N9O2/c1-4-11-32-17-18(15-27-32)28-25-26-16-20-23(30-25)34(33(12-5-2)24(20)35)21-7-6-8-22(29-21)36-19-9-13-31(3)14-10-19/h5-8,15-17,19H,2,4,9-14H2,1,3H3,(H,26,28,30). The molecule has 1 saturated heterocycles. The van der Waals surface area contributed by atoms with Crippen molar-refractivity contribution in [1.29, 1.82) is 0 Å². The molecule has 0 spiro atoms. The SMILES string of the molecule is C=CCn1c(=O)c2cnc(Nc3cnn(CCC)c3)nc2n1-c1cccc(OC2CCN(C)CC2)n1. The summed E-state index contributed by atoms with van der Waals surface area (Å²) in [4.78, 5) is 29.3. The summed E-state index contributed by atoms with van der Waals surface area (Å²) in [6, 6.07) is 5.56. The number of nitrogens with one attached hydrogen (secondary N) is 1. The summed E-state index contributed by atoms with van der Waals surface area (Å²) in [5.74, 6) is 1.42. The second kappa shape index (κ2) is 10.3. The van der Waals surface area contributed by atoms with E-state index < -0.39 is 0 Å². The normalized spacial score (nSPS) is 14.8. The minimum Gasteiger partial charge on any atom is -0.474 e. The van der Waals surface area contributed by atoms with Gasteiger partial charge < -0.3 is 15.0 Å². The number of aromatic nitrogens is 7. The highest BCUT2D eigenvalue weighted by Gasteiger charge is 2.21. The summed E-state index contributed by atoms with van der Waals surface area (Å²) in [5, 5.41) is 7.92. The molecular weight excluding hydrogens is 458 g/mol. The average molecular weight is 490 g/mol. The van der Waals surface area contributed by atoms with Crippen LogP contribution in [0.25, 0.3) is 16.9 Å². The summed E-state index contributed by atoms with van der Waals surface area (Å²) in [7, 11) is 2.12. The number of hydrogen-bond acceptors (Lipinski definition) is 8. The molecule has 4 aromatic heterocycles. The first-order chi connectivity index (χ1) is 17.6. The van der Waals surface area contributed by atoms with Crippen LogP contribution in [0.4, 0.5) is 11.6 Å². The lowest BCUT2D eigenvalue weighted by Gasteiger charge is -2.29. The van der Waals surface area contributed by atoms with E-state index in [9.17, 15) is 4.79 Å². The van der Waals surface area contributed by atoms with E-state index in [1.54, 1.807) is 27.8 Å². The third-order valence-electron chi connectivity index (χ3n) is 6.20. The van der Waals surface area contributed by atoms with Gasteiger partial charge in [0.15, 0.2) is 11.5 Å². The Hall–Kier alpha value is -3.99. The Morgan fingerprint density at radius 2 is 2.06 bits per heavy atom. The lowest BCUT2D eigenvalue weighted by atomic mass is 10.1. The lowest BCUT2D eigenvalue weighted by Crippen LogP contribution is -2.35. The maximum Gasteiger partial charge on any atom is 0.278 e.